The van der Waals surface area contributed by atoms with Crippen molar-refractivity contribution in [3.05, 3.63) is 27.1 Å². The van der Waals surface area contributed by atoms with E-state index in [1.807, 2.05) is 0 Å². The number of aliphatic carboxylic acids is 1. The Bertz CT molecular complexity index is 868. The normalized spacial score (nSPS) is 19.3. The molecular formula is C15H11BrN2O5S2. The summed E-state index contributed by atoms with van der Waals surface area (Å²) in [5.41, 5.74) is 1.24. The number of amides is 2. The van der Waals surface area contributed by atoms with Gasteiger partial charge in [-0.2, -0.15) is 0 Å². The molecule has 2 N–H and O–H groups in total. The van der Waals surface area contributed by atoms with Gasteiger partial charge in [-0.1, -0.05) is 39.9 Å². The minimum absolute atomic E-state index is 0.0347. The van der Waals surface area contributed by atoms with Gasteiger partial charge < -0.3 is 15.2 Å². The molecule has 2 heterocycles. The summed E-state index contributed by atoms with van der Waals surface area (Å²) in [6.07, 6.45) is -0.225. The molecule has 0 spiro atoms. The Morgan fingerprint density at radius 1 is 1.44 bits per heavy atom. The van der Waals surface area contributed by atoms with E-state index in [1.54, 1.807) is 12.1 Å². The number of halogens is 1. The SMILES string of the molecule is COc1cc(Br)cc2c1NC(=O)/C2=C1/SC(=S)N(CCC(=O)O)C1=O. The number of ether oxygens (including phenoxy) is 1. The Labute approximate surface area is 160 Å². The molecule has 0 saturated carbocycles. The third-order valence-corrected chi connectivity index (χ3v) is 5.55. The van der Waals surface area contributed by atoms with E-state index in [0.29, 0.717) is 21.5 Å². The van der Waals surface area contributed by atoms with Crippen LogP contribution in [-0.2, 0) is 14.4 Å². The van der Waals surface area contributed by atoms with E-state index < -0.39 is 17.8 Å². The van der Waals surface area contributed by atoms with E-state index >= 15 is 0 Å². The Morgan fingerprint density at radius 3 is 2.80 bits per heavy atom. The molecule has 0 bridgehead atoms. The van der Waals surface area contributed by atoms with Crippen molar-refractivity contribution < 1.29 is 24.2 Å². The van der Waals surface area contributed by atoms with E-state index in [0.717, 1.165) is 11.8 Å². The number of carbonyl (C=O) groups excluding carboxylic acids is 2. The lowest BCUT2D eigenvalue weighted by Gasteiger charge is -2.12. The maximum atomic E-state index is 12.7. The standard InChI is InChI=1S/C15H11BrN2O5S2/c1-23-8-5-6(16)4-7-10(13(21)17-11(7)8)12-14(22)18(15(24)25-12)3-2-9(19)20/h4-5H,2-3H2,1H3,(H,17,21)(H,19,20)/b12-10+. The highest BCUT2D eigenvalue weighted by Gasteiger charge is 2.40. The summed E-state index contributed by atoms with van der Waals surface area (Å²) < 4.78 is 6.20. The van der Waals surface area contributed by atoms with Crippen LogP contribution in [0.1, 0.15) is 12.0 Å². The van der Waals surface area contributed by atoms with Crippen LogP contribution >= 0.6 is 39.9 Å². The molecule has 1 aromatic carbocycles. The number of carboxylic acids is 1. The molecule has 1 saturated heterocycles. The fourth-order valence-corrected chi connectivity index (χ4v) is 4.36. The first-order valence-electron chi connectivity index (χ1n) is 7.02. The van der Waals surface area contributed by atoms with Crippen molar-refractivity contribution in [1.29, 1.82) is 0 Å². The molecule has 25 heavy (non-hydrogen) atoms. The quantitative estimate of drug-likeness (QED) is 0.545. The zero-order valence-corrected chi connectivity index (χ0v) is 16.0. The minimum atomic E-state index is -1.03. The van der Waals surface area contributed by atoms with Gasteiger partial charge in [-0.05, 0) is 12.1 Å². The van der Waals surface area contributed by atoms with Crippen molar-refractivity contribution in [2.45, 2.75) is 6.42 Å². The van der Waals surface area contributed by atoms with Crippen molar-refractivity contribution in [3.63, 3.8) is 0 Å². The second kappa shape index (κ2) is 6.77. The molecule has 1 fully saturated rings. The summed E-state index contributed by atoms with van der Waals surface area (Å²) in [6, 6.07) is 3.43. The Kier molecular flexibility index (Phi) is 4.85. The fourth-order valence-electron chi connectivity index (χ4n) is 2.54. The molecule has 7 nitrogen and oxygen atoms in total. The number of rotatable bonds is 4. The molecule has 2 aliphatic heterocycles. The first-order valence-corrected chi connectivity index (χ1v) is 9.04. The van der Waals surface area contributed by atoms with Gasteiger partial charge in [-0.3, -0.25) is 19.3 Å². The molecule has 2 aliphatic rings. The molecule has 130 valence electrons. The topological polar surface area (TPSA) is 95.9 Å². The number of fused-ring (bicyclic) bond motifs is 1. The lowest BCUT2D eigenvalue weighted by Crippen LogP contribution is -2.30. The first kappa shape index (κ1) is 17.9. The highest BCUT2D eigenvalue weighted by atomic mass is 79.9. The second-order valence-electron chi connectivity index (χ2n) is 5.16. The number of methoxy groups -OCH3 is 1. The summed E-state index contributed by atoms with van der Waals surface area (Å²) in [4.78, 5) is 37.3. The van der Waals surface area contributed by atoms with Crippen molar-refractivity contribution >= 4 is 73.3 Å². The van der Waals surface area contributed by atoms with Crippen molar-refractivity contribution in [3.8, 4) is 5.75 Å². The molecule has 0 radical (unpaired) electrons. The average Bonchev–Trinajstić information content (AvgIpc) is 3.00. The number of hydrogen-bond donors (Lipinski definition) is 2. The average molecular weight is 443 g/mol. The van der Waals surface area contributed by atoms with E-state index in [-0.39, 0.29) is 27.8 Å². The van der Waals surface area contributed by atoms with Crippen molar-refractivity contribution in [1.82, 2.24) is 4.90 Å². The summed E-state index contributed by atoms with van der Waals surface area (Å²) in [5, 5.41) is 11.5. The number of anilines is 1. The van der Waals surface area contributed by atoms with E-state index in [9.17, 15) is 14.4 Å². The van der Waals surface area contributed by atoms with Gasteiger partial charge in [-0.25, -0.2) is 0 Å². The molecule has 1 aromatic rings. The number of thiocarbonyl (C=S) groups is 1. The first-order chi connectivity index (χ1) is 11.8. The van der Waals surface area contributed by atoms with Crippen LogP contribution in [0, 0.1) is 0 Å². The lowest BCUT2D eigenvalue weighted by molar-refractivity contribution is -0.137. The van der Waals surface area contributed by atoms with Gasteiger partial charge in [0.15, 0.2) is 0 Å². The third-order valence-electron chi connectivity index (χ3n) is 3.65. The number of carbonyl (C=O) groups is 3. The molecule has 2 amide bonds. The van der Waals surface area contributed by atoms with Gasteiger partial charge in [0.05, 0.1) is 29.7 Å². The van der Waals surface area contributed by atoms with Crippen LogP contribution in [0.5, 0.6) is 5.75 Å². The molecule has 0 atom stereocenters. The van der Waals surface area contributed by atoms with Gasteiger partial charge in [-0.15, -0.1) is 0 Å². The monoisotopic (exact) mass is 442 g/mol. The molecular weight excluding hydrogens is 432 g/mol. The van der Waals surface area contributed by atoms with Crippen molar-refractivity contribution in [2.75, 3.05) is 19.0 Å². The Balaban J connectivity index is 2.06. The number of hydrogen-bond acceptors (Lipinski definition) is 6. The van der Waals surface area contributed by atoms with Crippen LogP contribution in [0.25, 0.3) is 5.57 Å². The number of benzene rings is 1. The number of thioether (sulfide) groups is 1. The number of nitrogens with zero attached hydrogens (tertiary/aromatic N) is 1. The van der Waals surface area contributed by atoms with E-state index in [2.05, 4.69) is 21.2 Å². The highest BCUT2D eigenvalue weighted by Crippen LogP contribution is 2.46. The Morgan fingerprint density at radius 2 is 2.16 bits per heavy atom. The molecule has 10 heteroatoms. The van der Waals surface area contributed by atoms with Gasteiger partial charge in [0, 0.05) is 16.6 Å². The third kappa shape index (κ3) is 3.16. The van der Waals surface area contributed by atoms with Gasteiger partial charge >= 0.3 is 5.97 Å². The maximum Gasteiger partial charge on any atom is 0.305 e. The van der Waals surface area contributed by atoms with Crippen LogP contribution in [0.15, 0.2) is 21.5 Å². The van der Waals surface area contributed by atoms with Gasteiger partial charge in [0.2, 0.25) is 0 Å². The van der Waals surface area contributed by atoms with Crippen LogP contribution in [0.2, 0.25) is 0 Å². The fraction of sp³-hybridized carbons (Fsp3) is 0.200. The number of nitrogens with one attached hydrogen (secondary N) is 1. The van der Waals surface area contributed by atoms with Crippen LogP contribution in [-0.4, -0.2) is 45.8 Å². The molecule has 3 rings (SSSR count). The lowest BCUT2D eigenvalue weighted by atomic mass is 10.1. The van der Waals surface area contributed by atoms with Crippen LogP contribution < -0.4 is 10.1 Å². The molecule has 0 aromatic heterocycles. The highest BCUT2D eigenvalue weighted by molar-refractivity contribution is 9.10. The largest absolute Gasteiger partial charge is 0.495 e. The summed E-state index contributed by atoms with van der Waals surface area (Å²) in [7, 11) is 1.48. The summed E-state index contributed by atoms with van der Waals surface area (Å²) in [5.74, 6) is -1.45. The second-order valence-corrected chi connectivity index (χ2v) is 7.72. The number of carboxylic acid groups (broad SMARTS) is 1. The molecule has 0 unspecified atom stereocenters. The molecule has 0 aliphatic carbocycles. The zero-order chi connectivity index (χ0) is 18.3. The maximum absolute atomic E-state index is 12.7. The van der Waals surface area contributed by atoms with Crippen molar-refractivity contribution in [2.24, 2.45) is 0 Å². The van der Waals surface area contributed by atoms with Gasteiger partial charge in [0.1, 0.15) is 10.1 Å². The van der Waals surface area contributed by atoms with E-state index in [1.165, 1.54) is 12.0 Å². The zero-order valence-electron chi connectivity index (χ0n) is 12.8. The minimum Gasteiger partial charge on any atom is -0.495 e. The van der Waals surface area contributed by atoms with Crippen LogP contribution in [0.3, 0.4) is 0 Å². The predicted molar refractivity (Wildman–Crippen MR) is 100 cm³/mol. The van der Waals surface area contributed by atoms with E-state index in [4.69, 9.17) is 22.1 Å². The van der Waals surface area contributed by atoms with Gasteiger partial charge in [0.25, 0.3) is 11.8 Å². The Hall–Kier alpha value is -1.91. The smallest absolute Gasteiger partial charge is 0.305 e. The summed E-state index contributed by atoms with van der Waals surface area (Å²) >= 11 is 9.52. The predicted octanol–water partition coefficient (Wildman–Crippen LogP) is 2.46. The van der Waals surface area contributed by atoms with Crippen LogP contribution in [0.4, 0.5) is 5.69 Å². The summed E-state index contributed by atoms with van der Waals surface area (Å²) in [6.45, 7) is -0.0347.